The van der Waals surface area contributed by atoms with Crippen molar-refractivity contribution < 1.29 is 0 Å². The molecular formula is C21H17ClN4. The lowest BCUT2D eigenvalue weighted by Gasteiger charge is -2.26. The summed E-state index contributed by atoms with van der Waals surface area (Å²) in [6.07, 6.45) is 6.85. The molecule has 2 aromatic heterocycles. The summed E-state index contributed by atoms with van der Waals surface area (Å²) in [7, 11) is 0. The Kier molecular flexibility index (Phi) is 3.71. The van der Waals surface area contributed by atoms with Crippen molar-refractivity contribution in [2.75, 3.05) is 0 Å². The highest BCUT2D eigenvalue weighted by Crippen LogP contribution is 2.35. The van der Waals surface area contributed by atoms with Gasteiger partial charge in [-0.3, -0.25) is 0 Å². The van der Waals surface area contributed by atoms with E-state index in [1.807, 2.05) is 0 Å². The predicted molar refractivity (Wildman–Crippen MR) is 103 cm³/mol. The average molecular weight is 361 g/mol. The maximum atomic E-state index is 5.82. The van der Waals surface area contributed by atoms with E-state index in [-0.39, 0.29) is 5.28 Å². The van der Waals surface area contributed by atoms with Crippen LogP contribution in [0.4, 0.5) is 0 Å². The Labute approximate surface area is 156 Å². The molecule has 0 fully saturated rings. The summed E-state index contributed by atoms with van der Waals surface area (Å²) in [5.41, 5.74) is 5.59. The van der Waals surface area contributed by atoms with Crippen molar-refractivity contribution >= 4 is 22.6 Å². The van der Waals surface area contributed by atoms with Crippen LogP contribution in [0.5, 0.6) is 0 Å². The number of aryl methyl sites for hydroxylation is 1. The summed E-state index contributed by atoms with van der Waals surface area (Å²) >= 11 is 5.82. The summed E-state index contributed by atoms with van der Waals surface area (Å²) < 4.78 is 2.41. The van der Waals surface area contributed by atoms with Gasteiger partial charge in [-0.2, -0.15) is 0 Å². The maximum Gasteiger partial charge on any atom is 0.222 e. The number of hydrogen-bond acceptors (Lipinski definition) is 3. The van der Waals surface area contributed by atoms with Gasteiger partial charge < -0.3 is 4.57 Å². The normalized spacial score (nSPS) is 16.6. The molecule has 0 spiro atoms. The molecule has 4 nitrogen and oxygen atoms in total. The molecular weight excluding hydrogens is 344 g/mol. The largest absolute Gasteiger partial charge is 0.320 e. The van der Waals surface area contributed by atoms with Gasteiger partial charge in [0.05, 0.1) is 17.1 Å². The van der Waals surface area contributed by atoms with Gasteiger partial charge in [0.15, 0.2) is 0 Å². The van der Waals surface area contributed by atoms with Crippen molar-refractivity contribution in [1.29, 1.82) is 0 Å². The minimum Gasteiger partial charge on any atom is -0.320 e. The van der Waals surface area contributed by atoms with Crippen molar-refractivity contribution in [1.82, 2.24) is 19.5 Å². The smallest absolute Gasteiger partial charge is 0.222 e. The van der Waals surface area contributed by atoms with Crippen LogP contribution in [0, 0.1) is 0 Å². The first-order valence-electron chi connectivity index (χ1n) is 8.83. The van der Waals surface area contributed by atoms with Gasteiger partial charge in [0.25, 0.3) is 0 Å². The zero-order valence-electron chi connectivity index (χ0n) is 14.1. The van der Waals surface area contributed by atoms with Gasteiger partial charge in [-0.15, -0.1) is 0 Å². The van der Waals surface area contributed by atoms with E-state index in [0.717, 1.165) is 29.5 Å². The number of imidazole rings is 1. The van der Waals surface area contributed by atoms with Crippen molar-refractivity contribution in [3.05, 3.63) is 77.6 Å². The van der Waals surface area contributed by atoms with Crippen molar-refractivity contribution in [2.24, 2.45) is 0 Å². The zero-order chi connectivity index (χ0) is 17.5. The van der Waals surface area contributed by atoms with Gasteiger partial charge in [0.1, 0.15) is 5.82 Å². The number of halogens is 1. The average Bonchev–Trinajstić information content (AvgIpc) is 3.07. The van der Waals surface area contributed by atoms with Crippen LogP contribution in [-0.4, -0.2) is 19.5 Å². The topological polar surface area (TPSA) is 43.6 Å². The fourth-order valence-corrected chi connectivity index (χ4v) is 3.98. The van der Waals surface area contributed by atoms with E-state index < -0.39 is 0 Å². The molecule has 4 aromatic rings. The van der Waals surface area contributed by atoms with Crippen LogP contribution in [0.1, 0.15) is 30.3 Å². The summed E-state index contributed by atoms with van der Waals surface area (Å²) in [5.74, 6) is 1.17. The van der Waals surface area contributed by atoms with E-state index in [1.54, 1.807) is 12.4 Å². The van der Waals surface area contributed by atoms with Gasteiger partial charge in [-0.05, 0) is 47.7 Å². The minimum atomic E-state index is 0.265. The van der Waals surface area contributed by atoms with Crippen LogP contribution >= 0.6 is 11.6 Å². The van der Waals surface area contributed by atoms with E-state index in [4.69, 9.17) is 16.6 Å². The van der Waals surface area contributed by atoms with Gasteiger partial charge in [-0.1, -0.05) is 36.4 Å². The fraction of sp³-hybridized carbons (Fsp3) is 0.190. The first kappa shape index (κ1) is 15.5. The van der Waals surface area contributed by atoms with Crippen LogP contribution in [0.3, 0.4) is 0 Å². The molecule has 26 heavy (non-hydrogen) atoms. The molecule has 1 aliphatic rings. The Balaban J connectivity index is 1.68. The van der Waals surface area contributed by atoms with E-state index in [0.29, 0.717) is 6.04 Å². The Morgan fingerprint density at radius 3 is 2.58 bits per heavy atom. The predicted octanol–water partition coefficient (Wildman–Crippen LogP) is 5.07. The Bertz CT molecular complexity index is 1070. The summed E-state index contributed by atoms with van der Waals surface area (Å²) in [6.45, 7) is 0. The van der Waals surface area contributed by atoms with E-state index in [2.05, 4.69) is 63.1 Å². The van der Waals surface area contributed by atoms with Crippen molar-refractivity contribution in [3.8, 4) is 11.1 Å². The number of nitrogens with zero attached hydrogens (tertiary/aromatic N) is 4. The molecule has 1 unspecified atom stereocenters. The quantitative estimate of drug-likeness (QED) is 0.468. The molecule has 1 aliphatic heterocycles. The number of rotatable bonds is 2. The number of benzene rings is 2. The third-order valence-corrected chi connectivity index (χ3v) is 5.29. The van der Waals surface area contributed by atoms with Gasteiger partial charge in [-0.25, -0.2) is 15.0 Å². The highest BCUT2D eigenvalue weighted by molar-refractivity contribution is 6.28. The van der Waals surface area contributed by atoms with Gasteiger partial charge in [0, 0.05) is 24.4 Å². The molecule has 128 valence electrons. The van der Waals surface area contributed by atoms with E-state index in [1.165, 1.54) is 23.3 Å². The second kappa shape index (κ2) is 6.22. The van der Waals surface area contributed by atoms with Crippen LogP contribution in [0.15, 0.2) is 60.9 Å². The fourth-order valence-electron chi connectivity index (χ4n) is 3.88. The first-order valence-corrected chi connectivity index (χ1v) is 9.21. The molecule has 2 aromatic carbocycles. The summed E-state index contributed by atoms with van der Waals surface area (Å²) in [5, 5.41) is 0.265. The summed E-state index contributed by atoms with van der Waals surface area (Å²) in [4.78, 5) is 13.1. The van der Waals surface area contributed by atoms with E-state index >= 15 is 0 Å². The second-order valence-electron chi connectivity index (χ2n) is 6.66. The third kappa shape index (κ3) is 2.58. The lowest BCUT2D eigenvalue weighted by molar-refractivity contribution is 0.461. The van der Waals surface area contributed by atoms with E-state index in [9.17, 15) is 0 Å². The second-order valence-corrected chi connectivity index (χ2v) is 7.00. The molecule has 0 aliphatic carbocycles. The maximum absolute atomic E-state index is 5.82. The highest BCUT2D eigenvalue weighted by Gasteiger charge is 2.24. The molecule has 3 heterocycles. The number of aromatic nitrogens is 4. The van der Waals surface area contributed by atoms with Crippen LogP contribution < -0.4 is 0 Å². The molecule has 0 saturated heterocycles. The van der Waals surface area contributed by atoms with Crippen molar-refractivity contribution in [3.63, 3.8) is 0 Å². The molecule has 1 atom stereocenters. The molecule has 5 heteroatoms. The standard InChI is InChI=1S/C21H17ClN4/c22-21-23-12-16(13-24-21)15-9-10-17-19(11-15)26-18(7-4-8-20(26)25-17)14-5-2-1-3-6-14/h1-3,5-6,9-13,18H,4,7-8H2. The molecule has 0 amide bonds. The molecule has 0 bridgehead atoms. The first-order chi connectivity index (χ1) is 12.8. The van der Waals surface area contributed by atoms with Crippen LogP contribution in [0.2, 0.25) is 5.28 Å². The minimum absolute atomic E-state index is 0.265. The Hall–Kier alpha value is -2.72. The molecule has 5 rings (SSSR count). The highest BCUT2D eigenvalue weighted by atomic mass is 35.5. The van der Waals surface area contributed by atoms with Gasteiger partial charge in [0.2, 0.25) is 5.28 Å². The molecule has 0 radical (unpaired) electrons. The zero-order valence-corrected chi connectivity index (χ0v) is 14.9. The molecule has 0 N–H and O–H groups in total. The van der Waals surface area contributed by atoms with Crippen LogP contribution in [0.25, 0.3) is 22.2 Å². The van der Waals surface area contributed by atoms with Crippen LogP contribution in [-0.2, 0) is 6.42 Å². The SMILES string of the molecule is Clc1ncc(-c2ccc3nc4n(c3c2)C(c2ccccc2)CCC4)cn1. The third-order valence-electron chi connectivity index (χ3n) is 5.09. The summed E-state index contributed by atoms with van der Waals surface area (Å²) in [6, 6.07) is 17.4. The Morgan fingerprint density at radius 2 is 1.77 bits per heavy atom. The number of hydrogen-bond donors (Lipinski definition) is 0. The lowest BCUT2D eigenvalue weighted by Crippen LogP contribution is -2.18. The van der Waals surface area contributed by atoms with Gasteiger partial charge >= 0.3 is 0 Å². The molecule has 0 saturated carbocycles. The monoisotopic (exact) mass is 360 g/mol. The van der Waals surface area contributed by atoms with Crippen molar-refractivity contribution in [2.45, 2.75) is 25.3 Å². The number of fused-ring (bicyclic) bond motifs is 3. The lowest BCUT2D eigenvalue weighted by atomic mass is 9.97. The Morgan fingerprint density at radius 1 is 0.962 bits per heavy atom.